The van der Waals surface area contributed by atoms with Gasteiger partial charge in [0.1, 0.15) is 5.75 Å². The highest BCUT2D eigenvalue weighted by atomic mass is 79.9. The number of hydrogen-bond donors (Lipinski definition) is 1. The topological polar surface area (TPSA) is 56.2 Å². The van der Waals surface area contributed by atoms with Crippen LogP contribution in [-0.4, -0.2) is 22.3 Å². The minimum atomic E-state index is -2.90. The number of aromatic nitrogens is 2. The number of carbonyl (C=O) groups is 1. The lowest BCUT2D eigenvalue weighted by Gasteiger charge is -2.06. The molecule has 0 unspecified atom stereocenters. The first-order valence-electron chi connectivity index (χ1n) is 8.05. The molecule has 27 heavy (non-hydrogen) atoms. The molecule has 0 aliphatic heterocycles. The van der Waals surface area contributed by atoms with Crippen molar-refractivity contribution in [3.05, 3.63) is 75.9 Å². The molecule has 0 spiro atoms. The Labute approximate surface area is 163 Å². The molecule has 2 aromatic carbocycles. The average Bonchev–Trinajstić information content (AvgIpc) is 2.96. The van der Waals surface area contributed by atoms with Crippen LogP contribution >= 0.6 is 15.9 Å². The third-order valence-corrected chi connectivity index (χ3v) is 4.34. The molecule has 5 nitrogen and oxygen atoms in total. The minimum Gasteiger partial charge on any atom is -0.435 e. The zero-order valence-corrected chi connectivity index (χ0v) is 15.9. The van der Waals surface area contributed by atoms with Gasteiger partial charge in [0, 0.05) is 11.8 Å². The summed E-state index contributed by atoms with van der Waals surface area (Å²) in [6, 6.07) is 13.5. The highest BCUT2D eigenvalue weighted by Gasteiger charge is 2.13. The van der Waals surface area contributed by atoms with Crippen LogP contribution in [0.1, 0.15) is 21.5 Å². The van der Waals surface area contributed by atoms with Gasteiger partial charge in [-0.1, -0.05) is 29.8 Å². The summed E-state index contributed by atoms with van der Waals surface area (Å²) in [7, 11) is 0. The van der Waals surface area contributed by atoms with E-state index in [2.05, 4.69) is 31.1 Å². The summed E-state index contributed by atoms with van der Waals surface area (Å²) < 4.78 is 31.0. The lowest BCUT2D eigenvalue weighted by Crippen LogP contribution is -2.13. The molecule has 0 saturated carbocycles. The SMILES string of the molecule is Cc1ccc(Cn2cc(Br)c(NC(=O)c3ccc(OC(F)F)cc3)n2)cc1. The maximum atomic E-state index is 12.3. The molecule has 3 aromatic rings. The van der Waals surface area contributed by atoms with Gasteiger partial charge in [-0.15, -0.1) is 0 Å². The number of rotatable bonds is 6. The van der Waals surface area contributed by atoms with Gasteiger partial charge in [-0.25, -0.2) is 0 Å². The summed E-state index contributed by atoms with van der Waals surface area (Å²) in [6.45, 7) is -0.319. The molecule has 140 valence electrons. The fourth-order valence-corrected chi connectivity index (χ4v) is 2.83. The van der Waals surface area contributed by atoms with Gasteiger partial charge in [0.2, 0.25) is 0 Å². The van der Waals surface area contributed by atoms with Crippen LogP contribution < -0.4 is 10.1 Å². The average molecular weight is 436 g/mol. The van der Waals surface area contributed by atoms with Gasteiger partial charge in [-0.2, -0.15) is 13.9 Å². The Bertz CT molecular complexity index is 925. The number of aryl methyl sites for hydroxylation is 1. The Morgan fingerprint density at radius 3 is 2.48 bits per heavy atom. The Morgan fingerprint density at radius 2 is 1.85 bits per heavy atom. The van der Waals surface area contributed by atoms with Crippen LogP contribution in [0.25, 0.3) is 0 Å². The molecule has 0 aliphatic rings. The van der Waals surface area contributed by atoms with Gasteiger partial charge >= 0.3 is 6.61 Å². The molecule has 1 heterocycles. The maximum Gasteiger partial charge on any atom is 0.387 e. The van der Waals surface area contributed by atoms with Crippen molar-refractivity contribution in [3.63, 3.8) is 0 Å². The number of nitrogens with one attached hydrogen (secondary N) is 1. The summed E-state index contributed by atoms with van der Waals surface area (Å²) in [5, 5.41) is 7.06. The number of alkyl halides is 2. The van der Waals surface area contributed by atoms with Crippen molar-refractivity contribution in [1.29, 1.82) is 0 Å². The Hall–Kier alpha value is -2.74. The van der Waals surface area contributed by atoms with Crippen molar-refractivity contribution in [1.82, 2.24) is 9.78 Å². The van der Waals surface area contributed by atoms with Crippen molar-refractivity contribution < 1.29 is 18.3 Å². The third kappa shape index (κ3) is 5.13. The molecule has 0 atom stereocenters. The van der Waals surface area contributed by atoms with Crippen LogP contribution in [-0.2, 0) is 6.54 Å². The fourth-order valence-electron chi connectivity index (χ4n) is 2.41. The van der Waals surface area contributed by atoms with Crippen molar-refractivity contribution in [2.75, 3.05) is 5.32 Å². The largest absolute Gasteiger partial charge is 0.435 e. The van der Waals surface area contributed by atoms with Crippen molar-refractivity contribution in [3.8, 4) is 5.75 Å². The molecular formula is C19H16BrF2N3O2. The zero-order chi connectivity index (χ0) is 19.4. The van der Waals surface area contributed by atoms with Crippen LogP contribution in [0.3, 0.4) is 0 Å². The fraction of sp³-hybridized carbons (Fsp3) is 0.158. The molecule has 0 bridgehead atoms. The summed E-state index contributed by atoms with van der Waals surface area (Å²) in [6.07, 6.45) is 1.77. The van der Waals surface area contributed by atoms with Gasteiger partial charge < -0.3 is 10.1 Å². The number of carbonyl (C=O) groups excluding carboxylic acids is 1. The number of benzene rings is 2. The molecule has 0 radical (unpaired) electrons. The van der Waals surface area contributed by atoms with Crippen molar-refractivity contribution in [2.24, 2.45) is 0 Å². The lowest BCUT2D eigenvalue weighted by molar-refractivity contribution is -0.0498. The first-order valence-corrected chi connectivity index (χ1v) is 8.85. The summed E-state index contributed by atoms with van der Waals surface area (Å²) >= 11 is 3.38. The van der Waals surface area contributed by atoms with E-state index in [9.17, 15) is 13.6 Å². The Balaban J connectivity index is 1.67. The van der Waals surface area contributed by atoms with Crippen LogP contribution in [0, 0.1) is 6.92 Å². The number of anilines is 1. The standard InChI is InChI=1S/C19H16BrF2N3O2/c1-12-2-4-13(5-3-12)10-25-11-16(20)17(24-25)23-18(26)14-6-8-15(9-7-14)27-19(21)22/h2-9,11,19H,10H2,1H3,(H,23,24,26). The van der Waals surface area contributed by atoms with Gasteiger partial charge in [0.15, 0.2) is 5.82 Å². The van der Waals surface area contributed by atoms with E-state index >= 15 is 0 Å². The van der Waals surface area contributed by atoms with Crippen molar-refractivity contribution >= 4 is 27.7 Å². The highest BCUT2D eigenvalue weighted by molar-refractivity contribution is 9.10. The zero-order valence-electron chi connectivity index (χ0n) is 14.3. The molecule has 1 N–H and O–H groups in total. The molecule has 0 saturated heterocycles. The molecule has 0 fully saturated rings. The molecule has 0 aliphatic carbocycles. The smallest absolute Gasteiger partial charge is 0.387 e. The second kappa shape index (κ2) is 8.30. The van der Waals surface area contributed by atoms with Gasteiger partial charge in [0.05, 0.1) is 11.0 Å². The molecule has 1 aromatic heterocycles. The molecule has 1 amide bonds. The van der Waals surface area contributed by atoms with Crippen LogP contribution in [0.2, 0.25) is 0 Å². The quantitative estimate of drug-likeness (QED) is 0.601. The second-order valence-corrected chi connectivity index (χ2v) is 6.72. The van der Waals surface area contributed by atoms with Gasteiger partial charge in [-0.05, 0) is 52.7 Å². The first-order chi connectivity index (χ1) is 12.9. The van der Waals surface area contributed by atoms with E-state index in [1.807, 2.05) is 31.2 Å². The van der Waals surface area contributed by atoms with E-state index < -0.39 is 12.5 Å². The predicted octanol–water partition coefficient (Wildman–Crippen LogP) is 4.86. The van der Waals surface area contributed by atoms with Gasteiger partial charge in [-0.3, -0.25) is 9.48 Å². The first kappa shape index (κ1) is 19.0. The third-order valence-electron chi connectivity index (χ3n) is 3.76. The number of hydrogen-bond acceptors (Lipinski definition) is 3. The maximum absolute atomic E-state index is 12.3. The van der Waals surface area contributed by atoms with Crippen molar-refractivity contribution in [2.45, 2.75) is 20.1 Å². The second-order valence-electron chi connectivity index (χ2n) is 5.87. The summed E-state index contributed by atoms with van der Waals surface area (Å²) in [5.41, 5.74) is 2.57. The number of amides is 1. The van der Waals surface area contributed by atoms with E-state index in [0.29, 0.717) is 22.4 Å². The van der Waals surface area contributed by atoms with Crippen LogP contribution in [0.5, 0.6) is 5.75 Å². The monoisotopic (exact) mass is 435 g/mol. The normalized spacial score (nSPS) is 10.9. The number of ether oxygens (including phenoxy) is 1. The number of nitrogens with zero attached hydrogens (tertiary/aromatic N) is 2. The molecular weight excluding hydrogens is 420 g/mol. The minimum absolute atomic E-state index is 0.00916. The summed E-state index contributed by atoms with van der Waals surface area (Å²) in [4.78, 5) is 12.3. The van der Waals surface area contributed by atoms with E-state index in [0.717, 1.165) is 5.56 Å². The van der Waals surface area contributed by atoms with E-state index in [1.165, 1.54) is 29.8 Å². The van der Waals surface area contributed by atoms with Gasteiger partial charge in [0.25, 0.3) is 5.91 Å². The number of halogens is 3. The Morgan fingerprint density at radius 1 is 1.19 bits per heavy atom. The Kier molecular flexibility index (Phi) is 5.85. The van der Waals surface area contributed by atoms with E-state index in [-0.39, 0.29) is 5.75 Å². The predicted molar refractivity (Wildman–Crippen MR) is 101 cm³/mol. The van der Waals surface area contributed by atoms with E-state index in [1.54, 1.807) is 10.9 Å². The van der Waals surface area contributed by atoms with Crippen LogP contribution in [0.4, 0.5) is 14.6 Å². The molecule has 8 heteroatoms. The van der Waals surface area contributed by atoms with E-state index in [4.69, 9.17) is 0 Å². The summed E-state index contributed by atoms with van der Waals surface area (Å²) in [5.74, 6) is -0.0370. The molecule has 3 rings (SSSR count). The van der Waals surface area contributed by atoms with Crippen LogP contribution in [0.15, 0.2) is 59.2 Å². The lowest BCUT2D eigenvalue weighted by atomic mass is 10.1. The highest BCUT2D eigenvalue weighted by Crippen LogP contribution is 2.22.